The van der Waals surface area contributed by atoms with Gasteiger partial charge in [-0.1, -0.05) is 12.1 Å². The van der Waals surface area contributed by atoms with Gasteiger partial charge in [0.2, 0.25) is 0 Å². The third-order valence-electron chi connectivity index (χ3n) is 2.92. The minimum atomic E-state index is -0.824. The molecule has 100 valence electrons. The number of hydrogen-bond acceptors (Lipinski definition) is 3. The molecule has 1 unspecified atom stereocenters. The maximum atomic E-state index is 10.6. The zero-order chi connectivity index (χ0) is 13.8. The van der Waals surface area contributed by atoms with Crippen molar-refractivity contribution in [1.82, 2.24) is 9.78 Å². The van der Waals surface area contributed by atoms with Gasteiger partial charge in [0, 0.05) is 24.4 Å². The van der Waals surface area contributed by atoms with Crippen LogP contribution in [0.1, 0.15) is 30.6 Å². The van der Waals surface area contributed by atoms with Gasteiger partial charge < -0.3 is 10.2 Å². The average molecular weight is 260 g/mol. The number of aliphatic hydroxyl groups excluding tert-OH is 1. The molecule has 5 nitrogen and oxygen atoms in total. The van der Waals surface area contributed by atoms with E-state index in [0.29, 0.717) is 6.42 Å². The molecule has 1 atom stereocenters. The van der Waals surface area contributed by atoms with Gasteiger partial charge in [0.05, 0.1) is 11.8 Å². The van der Waals surface area contributed by atoms with Crippen molar-refractivity contribution >= 4 is 5.97 Å². The summed E-state index contributed by atoms with van der Waals surface area (Å²) in [7, 11) is 0. The van der Waals surface area contributed by atoms with Crippen LogP contribution in [-0.4, -0.2) is 26.0 Å². The molecule has 0 amide bonds. The van der Waals surface area contributed by atoms with Gasteiger partial charge in [0.1, 0.15) is 0 Å². The van der Waals surface area contributed by atoms with Crippen molar-refractivity contribution < 1.29 is 15.0 Å². The second kappa shape index (κ2) is 5.67. The van der Waals surface area contributed by atoms with Crippen LogP contribution in [-0.2, 0) is 11.2 Å². The second-order valence-electron chi connectivity index (χ2n) is 4.41. The molecule has 0 aliphatic rings. The predicted molar refractivity (Wildman–Crippen MR) is 70.2 cm³/mol. The summed E-state index contributed by atoms with van der Waals surface area (Å²) < 4.78 is 1.68. The van der Waals surface area contributed by atoms with Crippen LogP contribution in [0.3, 0.4) is 0 Å². The largest absolute Gasteiger partial charge is 0.481 e. The first-order chi connectivity index (χ1) is 9.08. The molecule has 0 saturated carbocycles. The fraction of sp³-hybridized carbons (Fsp3) is 0.286. The van der Waals surface area contributed by atoms with Gasteiger partial charge in [-0.3, -0.25) is 4.79 Å². The van der Waals surface area contributed by atoms with Crippen LogP contribution in [0.4, 0.5) is 0 Å². The summed E-state index contributed by atoms with van der Waals surface area (Å²) in [5.74, 6) is -0.824. The molecule has 2 N–H and O–H groups in total. The summed E-state index contributed by atoms with van der Waals surface area (Å²) in [5.41, 5.74) is 2.44. The van der Waals surface area contributed by atoms with Crippen molar-refractivity contribution in [3.05, 3.63) is 47.8 Å². The van der Waals surface area contributed by atoms with Crippen molar-refractivity contribution in [2.75, 3.05) is 0 Å². The van der Waals surface area contributed by atoms with Crippen LogP contribution in [0, 0.1) is 0 Å². The summed E-state index contributed by atoms with van der Waals surface area (Å²) in [4.78, 5) is 10.6. The number of aromatic nitrogens is 2. The minimum Gasteiger partial charge on any atom is -0.481 e. The fourth-order valence-electron chi connectivity index (χ4n) is 1.97. The topological polar surface area (TPSA) is 75.3 Å². The Balaban J connectivity index is 2.33. The molecule has 1 heterocycles. The lowest BCUT2D eigenvalue weighted by Crippen LogP contribution is -2.05. The van der Waals surface area contributed by atoms with Crippen LogP contribution in [0.15, 0.2) is 36.7 Å². The van der Waals surface area contributed by atoms with E-state index < -0.39 is 12.1 Å². The molecule has 0 radical (unpaired) electrons. The highest BCUT2D eigenvalue weighted by atomic mass is 16.4. The molecule has 19 heavy (non-hydrogen) atoms. The number of benzene rings is 1. The van der Waals surface area contributed by atoms with Crippen molar-refractivity contribution in [1.29, 1.82) is 0 Å². The highest BCUT2D eigenvalue weighted by Crippen LogP contribution is 2.23. The highest BCUT2D eigenvalue weighted by molar-refractivity contribution is 5.67. The molecule has 2 rings (SSSR count). The molecule has 0 aliphatic heterocycles. The average Bonchev–Trinajstić information content (AvgIpc) is 2.89. The summed E-state index contributed by atoms with van der Waals surface area (Å²) in [6.07, 6.45) is 3.38. The van der Waals surface area contributed by atoms with Gasteiger partial charge in [0.15, 0.2) is 0 Å². The SMILES string of the molecule is CC(O)c1cc(CCC(=O)O)ccc1-n1cccn1. The fourth-order valence-corrected chi connectivity index (χ4v) is 1.97. The quantitative estimate of drug-likeness (QED) is 0.861. The Morgan fingerprint density at radius 2 is 2.26 bits per heavy atom. The molecule has 0 spiro atoms. The highest BCUT2D eigenvalue weighted by Gasteiger charge is 2.11. The van der Waals surface area contributed by atoms with Crippen LogP contribution in [0.25, 0.3) is 5.69 Å². The molecule has 0 bridgehead atoms. The number of hydrogen-bond donors (Lipinski definition) is 2. The Labute approximate surface area is 111 Å². The third kappa shape index (κ3) is 3.20. The lowest BCUT2D eigenvalue weighted by molar-refractivity contribution is -0.136. The van der Waals surface area contributed by atoms with E-state index in [1.807, 2.05) is 24.3 Å². The number of carboxylic acids is 1. The van der Waals surface area contributed by atoms with Crippen LogP contribution < -0.4 is 0 Å². The molecular weight excluding hydrogens is 244 g/mol. The van der Waals surface area contributed by atoms with Gasteiger partial charge in [-0.2, -0.15) is 5.10 Å². The molecule has 0 fully saturated rings. The standard InChI is InChI=1S/C14H16N2O3/c1-10(17)12-9-11(4-6-14(18)19)3-5-13(12)16-8-2-7-15-16/h2-3,5,7-10,17H,4,6H2,1H3,(H,18,19). The summed E-state index contributed by atoms with van der Waals surface area (Å²) in [6, 6.07) is 7.37. The first-order valence-electron chi connectivity index (χ1n) is 6.10. The molecule has 5 heteroatoms. The van der Waals surface area contributed by atoms with E-state index in [9.17, 15) is 9.90 Å². The van der Waals surface area contributed by atoms with E-state index in [4.69, 9.17) is 5.11 Å². The van der Waals surface area contributed by atoms with Gasteiger partial charge in [-0.15, -0.1) is 0 Å². The number of aliphatic carboxylic acids is 1. The zero-order valence-electron chi connectivity index (χ0n) is 10.7. The zero-order valence-corrected chi connectivity index (χ0v) is 10.7. The van der Waals surface area contributed by atoms with Crippen molar-refractivity contribution in [2.24, 2.45) is 0 Å². The van der Waals surface area contributed by atoms with Crippen LogP contribution in [0.5, 0.6) is 0 Å². The third-order valence-corrected chi connectivity index (χ3v) is 2.92. The van der Waals surface area contributed by atoms with Gasteiger partial charge in [-0.25, -0.2) is 4.68 Å². The molecule has 0 saturated heterocycles. The minimum absolute atomic E-state index is 0.0837. The smallest absolute Gasteiger partial charge is 0.303 e. The van der Waals surface area contributed by atoms with E-state index in [1.54, 1.807) is 24.0 Å². The molecule has 1 aromatic carbocycles. The molecule has 1 aromatic heterocycles. The number of aryl methyl sites for hydroxylation is 1. The Bertz CT molecular complexity index is 562. The Hall–Kier alpha value is -2.14. The van der Waals surface area contributed by atoms with Crippen molar-refractivity contribution in [3.8, 4) is 5.69 Å². The maximum absolute atomic E-state index is 10.6. The van der Waals surface area contributed by atoms with E-state index in [2.05, 4.69) is 5.10 Å². The summed E-state index contributed by atoms with van der Waals surface area (Å²) in [5, 5.41) is 22.7. The van der Waals surface area contributed by atoms with Crippen molar-refractivity contribution in [3.63, 3.8) is 0 Å². The number of carboxylic acid groups (broad SMARTS) is 1. The Kier molecular flexibility index (Phi) is 3.97. The normalized spacial score (nSPS) is 12.3. The summed E-state index contributed by atoms with van der Waals surface area (Å²) >= 11 is 0. The van der Waals surface area contributed by atoms with Crippen LogP contribution in [0.2, 0.25) is 0 Å². The van der Waals surface area contributed by atoms with E-state index >= 15 is 0 Å². The van der Waals surface area contributed by atoms with Gasteiger partial charge in [-0.05, 0) is 31.0 Å². The number of nitrogens with zero attached hydrogens (tertiary/aromatic N) is 2. The van der Waals surface area contributed by atoms with E-state index in [1.165, 1.54) is 0 Å². The predicted octanol–water partition coefficient (Wildman–Crippen LogP) is 1.94. The first-order valence-corrected chi connectivity index (χ1v) is 6.10. The second-order valence-corrected chi connectivity index (χ2v) is 4.41. The maximum Gasteiger partial charge on any atom is 0.303 e. The van der Waals surface area contributed by atoms with Crippen molar-refractivity contribution in [2.45, 2.75) is 25.9 Å². The van der Waals surface area contributed by atoms with Crippen LogP contribution >= 0.6 is 0 Å². The molecule has 2 aromatic rings. The lowest BCUT2D eigenvalue weighted by Gasteiger charge is -2.14. The number of carbonyl (C=O) groups is 1. The number of rotatable bonds is 5. The summed E-state index contributed by atoms with van der Waals surface area (Å²) in [6.45, 7) is 1.68. The van der Waals surface area contributed by atoms with E-state index in [-0.39, 0.29) is 6.42 Å². The van der Waals surface area contributed by atoms with E-state index in [0.717, 1.165) is 16.8 Å². The monoisotopic (exact) mass is 260 g/mol. The first kappa shape index (κ1) is 13.3. The Morgan fingerprint density at radius 3 is 2.84 bits per heavy atom. The van der Waals surface area contributed by atoms with Gasteiger partial charge in [0.25, 0.3) is 0 Å². The lowest BCUT2D eigenvalue weighted by atomic mass is 10.0. The molecule has 0 aliphatic carbocycles. The number of aliphatic hydroxyl groups is 1. The molecular formula is C14H16N2O3. The Morgan fingerprint density at radius 1 is 1.47 bits per heavy atom. The van der Waals surface area contributed by atoms with Gasteiger partial charge >= 0.3 is 5.97 Å².